The minimum Gasteiger partial charge on any atom is -0.396 e. The van der Waals surface area contributed by atoms with Crippen molar-refractivity contribution in [3.8, 4) is 0 Å². The van der Waals surface area contributed by atoms with E-state index in [9.17, 15) is 0 Å². The van der Waals surface area contributed by atoms with Crippen LogP contribution in [0.5, 0.6) is 0 Å². The van der Waals surface area contributed by atoms with Crippen molar-refractivity contribution in [1.29, 1.82) is 0 Å². The van der Waals surface area contributed by atoms with Crippen molar-refractivity contribution in [3.63, 3.8) is 0 Å². The van der Waals surface area contributed by atoms with E-state index in [-0.39, 0.29) is 6.61 Å². The molecule has 17 heavy (non-hydrogen) atoms. The summed E-state index contributed by atoms with van der Waals surface area (Å²) in [6, 6.07) is 0. The average Bonchev–Trinajstić information content (AvgIpc) is 2.38. The quantitative estimate of drug-likeness (QED) is 0.429. The summed E-state index contributed by atoms with van der Waals surface area (Å²) >= 11 is 2.70. The molecule has 1 nitrogen and oxygen atoms in total. The molecule has 0 spiro atoms. The zero-order valence-electron chi connectivity index (χ0n) is 12.2. The number of unbranched alkanes of at least 4 members (excludes halogenated alkanes) is 3. The topological polar surface area (TPSA) is 20.2 Å². The van der Waals surface area contributed by atoms with E-state index in [2.05, 4.69) is 33.4 Å². The summed E-state index contributed by atoms with van der Waals surface area (Å²) in [7, 11) is 0. The fourth-order valence-electron chi connectivity index (χ4n) is 1.91. The molecule has 0 aliphatic carbocycles. The van der Waals surface area contributed by atoms with Gasteiger partial charge in [0.1, 0.15) is 0 Å². The molecule has 0 saturated heterocycles. The molecule has 106 valence electrons. The first kappa shape index (κ1) is 20.4. The van der Waals surface area contributed by atoms with Gasteiger partial charge in [0.15, 0.2) is 0 Å². The normalized spacial score (nSPS) is 10.2. The van der Waals surface area contributed by atoms with Gasteiger partial charge in [-0.25, -0.2) is 0 Å². The van der Waals surface area contributed by atoms with Crippen LogP contribution in [0.4, 0.5) is 0 Å². The molecule has 0 aliphatic heterocycles. The number of aliphatic hydroxyl groups is 1. The van der Waals surface area contributed by atoms with Gasteiger partial charge in [-0.3, -0.25) is 0 Å². The maximum atomic E-state index is 7.80. The van der Waals surface area contributed by atoms with Gasteiger partial charge in [0.05, 0.1) is 6.61 Å². The van der Waals surface area contributed by atoms with Crippen LogP contribution in [-0.2, 0) is 0 Å². The van der Waals surface area contributed by atoms with Crippen molar-refractivity contribution in [2.45, 2.75) is 72.6 Å². The largest absolute Gasteiger partial charge is 0.396 e. The third-order valence-electron chi connectivity index (χ3n) is 3.00. The Hall–Kier alpha value is 1.11. The van der Waals surface area contributed by atoms with Crippen LogP contribution >= 0.6 is 12.6 Å². The average molecular weight is 369 g/mol. The Kier molecular flexibility index (Phi) is 23.4. The van der Waals surface area contributed by atoms with Crippen LogP contribution in [0.25, 0.3) is 0 Å². The van der Waals surface area contributed by atoms with Crippen molar-refractivity contribution in [2.24, 2.45) is 0 Å². The second kappa shape index (κ2) is 19.4. The molecular weight excluding hydrogens is 335 g/mol. The second-order valence-electron chi connectivity index (χ2n) is 4.74. The smallest absolute Gasteiger partial charge is 0.0519 e. The van der Waals surface area contributed by atoms with Gasteiger partial charge in [0.25, 0.3) is 0 Å². The zero-order chi connectivity index (χ0) is 13.4. The fraction of sp³-hybridized carbons (Fsp3) is 1.00. The summed E-state index contributed by atoms with van der Waals surface area (Å²) in [6.45, 7) is 7.19. The van der Waals surface area contributed by atoms with Crippen LogP contribution in [0.15, 0.2) is 0 Å². The number of hydrogen-bond donors (Lipinski definition) is 2. The monoisotopic (exact) mass is 370 g/mol. The summed E-state index contributed by atoms with van der Waals surface area (Å²) in [6.07, 6.45) is 8.87. The predicted octanol–water partition coefficient (Wildman–Crippen LogP) is 4.52. The predicted molar refractivity (Wildman–Crippen MR) is 87.2 cm³/mol. The first-order valence-electron chi connectivity index (χ1n) is 7.48. The van der Waals surface area contributed by atoms with Crippen molar-refractivity contribution in [1.82, 2.24) is 0 Å². The van der Waals surface area contributed by atoms with Gasteiger partial charge in [0.2, 0.25) is 0 Å². The first-order chi connectivity index (χ1) is 8.26. The Morgan fingerprint density at radius 3 is 1.29 bits per heavy atom. The summed E-state index contributed by atoms with van der Waals surface area (Å²) in [4.78, 5) is 0. The van der Waals surface area contributed by atoms with Crippen molar-refractivity contribution in [2.75, 3.05) is 12.4 Å². The number of rotatable bonds is 10. The first-order valence-corrected chi connectivity index (χ1v) is 15.1. The molecule has 0 aromatic heterocycles. The van der Waals surface area contributed by atoms with E-state index in [1.54, 1.807) is 13.3 Å². The Labute approximate surface area is 122 Å². The third-order valence-corrected chi connectivity index (χ3v) is 13.7. The molecular formula is C14H34OSSn. The van der Waals surface area contributed by atoms with E-state index < -0.39 is 19.8 Å². The van der Waals surface area contributed by atoms with Gasteiger partial charge in [-0.05, 0) is 0 Å². The van der Waals surface area contributed by atoms with E-state index in [0.29, 0.717) is 5.75 Å². The van der Waals surface area contributed by atoms with Crippen molar-refractivity contribution >= 4 is 32.4 Å². The molecule has 0 unspecified atom stereocenters. The molecule has 0 heterocycles. The van der Waals surface area contributed by atoms with Crippen molar-refractivity contribution < 1.29 is 5.11 Å². The van der Waals surface area contributed by atoms with E-state index in [1.165, 1.54) is 38.5 Å². The molecule has 0 aromatic rings. The number of hydrogen-bond acceptors (Lipinski definition) is 2. The molecule has 0 aromatic carbocycles. The Bertz CT molecular complexity index is 102. The van der Waals surface area contributed by atoms with Gasteiger partial charge >= 0.3 is 92.4 Å². The van der Waals surface area contributed by atoms with Crippen LogP contribution in [0, 0.1) is 0 Å². The maximum absolute atomic E-state index is 7.80. The molecule has 0 saturated carbocycles. The molecule has 0 radical (unpaired) electrons. The van der Waals surface area contributed by atoms with Gasteiger partial charge in [-0.15, -0.1) is 0 Å². The van der Waals surface area contributed by atoms with Crippen LogP contribution in [0.3, 0.4) is 0 Å². The zero-order valence-corrected chi connectivity index (χ0v) is 16.4. The molecule has 3 heteroatoms. The van der Waals surface area contributed by atoms with Crippen LogP contribution in [0.2, 0.25) is 13.3 Å². The Morgan fingerprint density at radius 2 is 1.12 bits per heavy atom. The SMILES string of the molecule is CCC[CH2][SnH]([CH2]CCC)[CH2]CCC.OCCS. The Morgan fingerprint density at radius 1 is 0.824 bits per heavy atom. The Balaban J connectivity index is 0. The summed E-state index contributed by atoms with van der Waals surface area (Å²) in [5.74, 6) is 0.569. The van der Waals surface area contributed by atoms with Gasteiger partial charge in [-0.2, -0.15) is 12.6 Å². The number of thiol groups is 1. The maximum Gasteiger partial charge on any atom is 0.0519 e. The van der Waals surface area contributed by atoms with Gasteiger partial charge < -0.3 is 5.11 Å². The minimum absolute atomic E-state index is 0.184. The summed E-state index contributed by atoms with van der Waals surface area (Å²) in [5, 5.41) is 7.80. The molecule has 0 rings (SSSR count). The fourth-order valence-corrected chi connectivity index (χ4v) is 12.8. The van der Waals surface area contributed by atoms with E-state index in [4.69, 9.17) is 5.11 Å². The van der Waals surface area contributed by atoms with Gasteiger partial charge in [0, 0.05) is 5.75 Å². The molecule has 0 bridgehead atoms. The molecule has 0 amide bonds. The van der Waals surface area contributed by atoms with Crippen LogP contribution in [-0.4, -0.2) is 37.2 Å². The summed E-state index contributed by atoms with van der Waals surface area (Å²) in [5.41, 5.74) is 0. The third kappa shape index (κ3) is 19.6. The van der Waals surface area contributed by atoms with Crippen LogP contribution in [0.1, 0.15) is 59.3 Å². The summed E-state index contributed by atoms with van der Waals surface area (Å²) < 4.78 is 5.08. The van der Waals surface area contributed by atoms with Crippen molar-refractivity contribution in [3.05, 3.63) is 0 Å². The second-order valence-corrected chi connectivity index (χ2v) is 15.1. The van der Waals surface area contributed by atoms with E-state index >= 15 is 0 Å². The minimum atomic E-state index is -0.967. The van der Waals surface area contributed by atoms with E-state index in [0.717, 1.165) is 0 Å². The standard InChI is InChI=1S/3C4H9.C2H6OS.Sn.H/c3*1-3-4-2;3-1-2-4;;/h3*1,3-4H2,2H3;3-4H,1-2H2;;. The molecule has 0 fully saturated rings. The van der Waals surface area contributed by atoms with Gasteiger partial charge in [-0.1, -0.05) is 0 Å². The molecule has 0 atom stereocenters. The molecule has 1 N–H and O–H groups in total. The van der Waals surface area contributed by atoms with E-state index in [1.807, 2.05) is 0 Å². The van der Waals surface area contributed by atoms with Crippen LogP contribution < -0.4 is 0 Å². The number of aliphatic hydroxyl groups excluding tert-OH is 1. The molecule has 0 aliphatic rings.